The molecule has 1 aromatic carbocycles. The number of esters is 1. The van der Waals surface area contributed by atoms with E-state index in [2.05, 4.69) is 0 Å². The van der Waals surface area contributed by atoms with Gasteiger partial charge < -0.3 is 19.3 Å². The van der Waals surface area contributed by atoms with Gasteiger partial charge in [-0.25, -0.2) is 4.79 Å². The topological polar surface area (TPSA) is 65.0 Å². The summed E-state index contributed by atoms with van der Waals surface area (Å²) in [6, 6.07) is 9.53. The number of ether oxygens (including phenoxy) is 3. The lowest BCUT2D eigenvalue weighted by Gasteiger charge is -2.08. The molecule has 0 fully saturated rings. The van der Waals surface area contributed by atoms with Crippen LogP contribution in [0.2, 0.25) is 0 Å². The van der Waals surface area contributed by atoms with E-state index >= 15 is 0 Å². The molecule has 0 saturated carbocycles. The first-order valence-corrected chi connectivity index (χ1v) is 5.86. The fourth-order valence-corrected chi connectivity index (χ4v) is 2.11. The zero-order valence-corrected chi connectivity index (χ0v) is 10.0. The van der Waals surface area contributed by atoms with E-state index in [0.29, 0.717) is 17.8 Å². The fraction of sp³-hybridized carbons (Fsp3) is 0.214. The van der Waals surface area contributed by atoms with Gasteiger partial charge in [0, 0.05) is 12.0 Å². The molecular formula is C14H12O5. The van der Waals surface area contributed by atoms with E-state index in [0.717, 1.165) is 5.56 Å². The number of cyclic esters (lactones) is 1. The second-order valence-electron chi connectivity index (χ2n) is 4.23. The predicted molar refractivity (Wildman–Crippen MR) is 64.4 cm³/mol. The second-order valence-corrected chi connectivity index (χ2v) is 4.23. The van der Waals surface area contributed by atoms with Crippen molar-refractivity contribution in [2.24, 2.45) is 0 Å². The molecule has 2 aliphatic rings. The smallest absolute Gasteiger partial charge is 0.344 e. The Morgan fingerprint density at radius 3 is 2.74 bits per heavy atom. The van der Waals surface area contributed by atoms with Gasteiger partial charge in [0.05, 0.1) is 0 Å². The lowest BCUT2D eigenvalue weighted by Crippen LogP contribution is -2.11. The van der Waals surface area contributed by atoms with Crippen molar-refractivity contribution in [3.8, 4) is 0 Å². The molecule has 2 heterocycles. The Hall–Kier alpha value is -2.27. The largest absolute Gasteiger partial charge is 0.461 e. The maximum absolute atomic E-state index is 11.8. The van der Waals surface area contributed by atoms with E-state index in [-0.39, 0.29) is 12.4 Å². The first kappa shape index (κ1) is 11.8. The molecule has 0 amide bonds. The Kier molecular flexibility index (Phi) is 2.97. The van der Waals surface area contributed by atoms with E-state index in [9.17, 15) is 9.90 Å². The zero-order chi connectivity index (χ0) is 13.2. The van der Waals surface area contributed by atoms with Crippen molar-refractivity contribution in [2.45, 2.75) is 12.7 Å². The van der Waals surface area contributed by atoms with Gasteiger partial charge in [0.1, 0.15) is 11.8 Å². The number of benzene rings is 1. The molecule has 1 N–H and O–H groups in total. The van der Waals surface area contributed by atoms with Crippen molar-refractivity contribution in [3.63, 3.8) is 0 Å². The summed E-state index contributed by atoms with van der Waals surface area (Å²) < 4.78 is 15.0. The molecule has 0 saturated heterocycles. The highest BCUT2D eigenvalue weighted by Crippen LogP contribution is 2.31. The number of carbonyl (C=O) groups is 1. The number of aliphatic hydroxyl groups excluding tert-OH is 1. The van der Waals surface area contributed by atoms with Gasteiger partial charge in [0.15, 0.2) is 5.76 Å². The lowest BCUT2D eigenvalue weighted by molar-refractivity contribution is -0.152. The first-order chi connectivity index (χ1) is 9.25. The normalized spacial score (nSPS) is 21.8. The zero-order valence-electron chi connectivity index (χ0n) is 10.0. The lowest BCUT2D eigenvalue weighted by atomic mass is 10.00. The monoisotopic (exact) mass is 260 g/mol. The molecule has 3 rings (SSSR count). The van der Waals surface area contributed by atoms with Crippen molar-refractivity contribution in [1.29, 1.82) is 0 Å². The van der Waals surface area contributed by atoms with Crippen LogP contribution in [0.1, 0.15) is 5.56 Å². The van der Waals surface area contributed by atoms with Crippen molar-refractivity contribution >= 4 is 5.97 Å². The second kappa shape index (κ2) is 4.78. The molecule has 0 spiro atoms. The maximum atomic E-state index is 11.8. The summed E-state index contributed by atoms with van der Waals surface area (Å²) in [6.45, 7) is 0.0703. The molecule has 19 heavy (non-hydrogen) atoms. The minimum atomic E-state index is -1.23. The number of rotatable bonds is 3. The summed E-state index contributed by atoms with van der Waals surface area (Å²) in [7, 11) is 0. The van der Waals surface area contributed by atoms with Crippen LogP contribution in [0.3, 0.4) is 0 Å². The molecule has 2 aliphatic heterocycles. The minimum absolute atomic E-state index is 0.0703. The minimum Gasteiger partial charge on any atom is -0.461 e. The average molecular weight is 260 g/mol. The van der Waals surface area contributed by atoms with Crippen molar-refractivity contribution in [1.82, 2.24) is 0 Å². The van der Waals surface area contributed by atoms with Crippen LogP contribution in [-0.2, 0) is 25.4 Å². The van der Waals surface area contributed by atoms with Crippen molar-refractivity contribution in [3.05, 3.63) is 59.1 Å². The molecule has 0 aromatic heterocycles. The third-order valence-corrected chi connectivity index (χ3v) is 3.00. The highest BCUT2D eigenvalue weighted by molar-refractivity contribution is 5.96. The number of aliphatic hydroxyl groups is 1. The molecule has 1 unspecified atom stereocenters. The summed E-state index contributed by atoms with van der Waals surface area (Å²) in [5.41, 5.74) is 1.73. The van der Waals surface area contributed by atoms with Gasteiger partial charge in [-0.3, -0.25) is 0 Å². The Morgan fingerprint density at radius 2 is 2.05 bits per heavy atom. The van der Waals surface area contributed by atoms with Gasteiger partial charge in [-0.2, -0.15) is 0 Å². The molecular weight excluding hydrogens is 248 g/mol. The van der Waals surface area contributed by atoms with E-state index in [1.165, 1.54) is 6.26 Å². The van der Waals surface area contributed by atoms with Crippen LogP contribution in [0.15, 0.2) is 53.5 Å². The Bertz CT molecular complexity index is 558. The van der Waals surface area contributed by atoms with Gasteiger partial charge in [-0.05, 0) is 5.56 Å². The molecule has 1 aromatic rings. The third kappa shape index (κ3) is 2.20. The Labute approximate surface area is 109 Å². The van der Waals surface area contributed by atoms with Gasteiger partial charge in [-0.1, -0.05) is 30.3 Å². The Morgan fingerprint density at radius 1 is 1.26 bits per heavy atom. The predicted octanol–water partition coefficient (Wildman–Crippen LogP) is 1.25. The van der Waals surface area contributed by atoms with Crippen molar-refractivity contribution in [2.75, 3.05) is 6.79 Å². The first-order valence-electron chi connectivity index (χ1n) is 5.86. The van der Waals surface area contributed by atoms with Crippen LogP contribution in [0.5, 0.6) is 0 Å². The maximum Gasteiger partial charge on any atom is 0.344 e. The molecule has 5 heteroatoms. The van der Waals surface area contributed by atoms with E-state index in [4.69, 9.17) is 14.2 Å². The summed E-state index contributed by atoms with van der Waals surface area (Å²) in [5.74, 6) is -0.275. The van der Waals surface area contributed by atoms with Crippen LogP contribution >= 0.6 is 0 Å². The molecule has 1 atom stereocenters. The van der Waals surface area contributed by atoms with Crippen LogP contribution in [-0.4, -0.2) is 24.2 Å². The highest BCUT2D eigenvalue weighted by Gasteiger charge is 2.36. The van der Waals surface area contributed by atoms with Gasteiger partial charge >= 0.3 is 5.97 Å². The number of carbonyl (C=O) groups excluding carboxylic acids is 1. The summed E-state index contributed by atoms with van der Waals surface area (Å²) in [5, 5.41) is 9.83. The van der Waals surface area contributed by atoms with E-state index < -0.39 is 12.3 Å². The summed E-state index contributed by atoms with van der Waals surface area (Å²) >= 11 is 0. The Balaban J connectivity index is 1.96. The van der Waals surface area contributed by atoms with E-state index in [1.807, 2.05) is 30.3 Å². The van der Waals surface area contributed by atoms with Crippen LogP contribution < -0.4 is 0 Å². The average Bonchev–Trinajstić information content (AvgIpc) is 3.00. The van der Waals surface area contributed by atoms with Gasteiger partial charge in [-0.15, -0.1) is 0 Å². The number of hydrogen-bond donors (Lipinski definition) is 1. The van der Waals surface area contributed by atoms with Gasteiger partial charge in [0.2, 0.25) is 13.1 Å². The standard InChI is InChI=1S/C14H12O5/c15-13-10(6-9-4-2-1-3-5-9)12(14(16)19-13)11-7-17-8-18-11/h1-5,7,13,15H,6,8H2. The van der Waals surface area contributed by atoms with Crippen LogP contribution in [0.4, 0.5) is 0 Å². The summed E-state index contributed by atoms with van der Waals surface area (Å²) in [4.78, 5) is 11.8. The molecule has 0 radical (unpaired) electrons. The summed E-state index contributed by atoms with van der Waals surface area (Å²) in [6.07, 6.45) is 0.552. The third-order valence-electron chi connectivity index (χ3n) is 3.00. The van der Waals surface area contributed by atoms with E-state index in [1.54, 1.807) is 0 Å². The molecule has 5 nitrogen and oxygen atoms in total. The molecule has 98 valence electrons. The fourth-order valence-electron chi connectivity index (χ4n) is 2.11. The highest BCUT2D eigenvalue weighted by atomic mass is 16.7. The van der Waals surface area contributed by atoms with Crippen molar-refractivity contribution < 1.29 is 24.1 Å². The quantitative estimate of drug-likeness (QED) is 0.828. The SMILES string of the molecule is O=C1OC(O)C(Cc2ccccc2)=C1C1=COCO1. The molecule has 0 bridgehead atoms. The number of hydrogen-bond acceptors (Lipinski definition) is 5. The molecule has 0 aliphatic carbocycles. The van der Waals surface area contributed by atoms with Crippen LogP contribution in [0.25, 0.3) is 0 Å². The van der Waals surface area contributed by atoms with Crippen LogP contribution in [0, 0.1) is 0 Å². The van der Waals surface area contributed by atoms with Gasteiger partial charge in [0.25, 0.3) is 0 Å².